The number of hydrogen-bond donors (Lipinski definition) is 2. The van der Waals surface area contributed by atoms with Gasteiger partial charge in [0.1, 0.15) is 0 Å². The van der Waals surface area contributed by atoms with E-state index in [1.807, 2.05) is 13.8 Å². The maximum atomic E-state index is 10.8. The van der Waals surface area contributed by atoms with Crippen LogP contribution in [0.2, 0.25) is 0 Å². The number of nitrogens with two attached hydrogens (primary N) is 2. The van der Waals surface area contributed by atoms with Crippen LogP contribution in [0.15, 0.2) is 0 Å². The van der Waals surface area contributed by atoms with Gasteiger partial charge in [-0.1, -0.05) is 13.8 Å². The van der Waals surface area contributed by atoms with Gasteiger partial charge in [-0.2, -0.15) is 0 Å². The molecule has 0 aliphatic carbocycles. The summed E-state index contributed by atoms with van der Waals surface area (Å²) in [5.41, 5.74) is 10.1. The molecular formula is C7H16N2O. The first-order valence-electron chi connectivity index (χ1n) is 3.57. The van der Waals surface area contributed by atoms with Crippen molar-refractivity contribution in [3.05, 3.63) is 0 Å². The first-order valence-corrected chi connectivity index (χ1v) is 3.57. The number of hydrogen-bond acceptors (Lipinski definition) is 2. The molecule has 0 aliphatic heterocycles. The highest BCUT2D eigenvalue weighted by molar-refractivity contribution is 5.80. The zero-order chi connectivity index (χ0) is 8.20. The van der Waals surface area contributed by atoms with Gasteiger partial charge in [-0.05, 0) is 19.4 Å². The molecule has 0 radical (unpaired) electrons. The summed E-state index contributed by atoms with van der Waals surface area (Å²) in [5, 5.41) is 0. The van der Waals surface area contributed by atoms with Crippen molar-refractivity contribution in [2.24, 2.45) is 16.9 Å². The normalized spacial score (nSPS) is 16.3. The summed E-state index contributed by atoms with van der Waals surface area (Å²) in [6.07, 6.45) is 1.44. The van der Waals surface area contributed by atoms with Crippen LogP contribution in [0.25, 0.3) is 0 Å². The minimum Gasteiger partial charge on any atom is -0.369 e. The molecule has 1 unspecified atom stereocenters. The van der Waals surface area contributed by atoms with Crippen molar-refractivity contribution in [3.63, 3.8) is 0 Å². The molecule has 3 heteroatoms. The number of amides is 1. The van der Waals surface area contributed by atoms with Crippen LogP contribution in [0.1, 0.15) is 26.7 Å². The lowest BCUT2D eigenvalue weighted by atomic mass is 9.83. The summed E-state index contributed by atoms with van der Waals surface area (Å²) in [6, 6.07) is 0. The van der Waals surface area contributed by atoms with E-state index in [9.17, 15) is 4.79 Å². The van der Waals surface area contributed by atoms with Crippen LogP contribution < -0.4 is 11.5 Å². The average molecular weight is 144 g/mol. The fourth-order valence-electron chi connectivity index (χ4n) is 0.793. The Kier molecular flexibility index (Phi) is 3.36. The molecule has 0 heterocycles. The second-order valence-electron chi connectivity index (χ2n) is 2.82. The third-order valence-electron chi connectivity index (χ3n) is 2.07. The molecular weight excluding hydrogens is 128 g/mol. The van der Waals surface area contributed by atoms with E-state index in [1.54, 1.807) is 0 Å². The Morgan fingerprint density at radius 3 is 2.20 bits per heavy atom. The molecule has 0 aromatic heterocycles. The average Bonchev–Trinajstić information content (AvgIpc) is 1.88. The van der Waals surface area contributed by atoms with Gasteiger partial charge in [-0.25, -0.2) is 0 Å². The van der Waals surface area contributed by atoms with Gasteiger partial charge >= 0.3 is 0 Å². The highest BCUT2D eigenvalue weighted by Crippen LogP contribution is 2.23. The second kappa shape index (κ2) is 3.56. The Balaban J connectivity index is 4.08. The first-order chi connectivity index (χ1) is 4.56. The van der Waals surface area contributed by atoms with Gasteiger partial charge < -0.3 is 11.5 Å². The van der Waals surface area contributed by atoms with Gasteiger partial charge in [-0.3, -0.25) is 4.79 Å². The second-order valence-corrected chi connectivity index (χ2v) is 2.82. The Bertz CT molecular complexity index is 125. The fourth-order valence-corrected chi connectivity index (χ4v) is 0.793. The Morgan fingerprint density at radius 2 is 2.10 bits per heavy atom. The van der Waals surface area contributed by atoms with Crippen LogP contribution in [-0.2, 0) is 4.79 Å². The smallest absolute Gasteiger partial charge is 0.223 e. The zero-order valence-electron chi connectivity index (χ0n) is 6.68. The Hall–Kier alpha value is -0.570. The van der Waals surface area contributed by atoms with E-state index in [1.165, 1.54) is 0 Å². The molecule has 0 aromatic rings. The van der Waals surface area contributed by atoms with Gasteiger partial charge in [-0.15, -0.1) is 0 Å². The lowest BCUT2D eigenvalue weighted by Gasteiger charge is -2.22. The standard InChI is InChI=1S/C7H16N2O/c1-3-7(2,4-5-8)6(9)10/h3-5,8H2,1-2H3,(H2,9,10). The third kappa shape index (κ3) is 1.99. The summed E-state index contributed by atoms with van der Waals surface area (Å²) in [5.74, 6) is -0.250. The first kappa shape index (κ1) is 9.43. The van der Waals surface area contributed by atoms with Crippen LogP contribution in [0.4, 0.5) is 0 Å². The van der Waals surface area contributed by atoms with Crippen molar-refractivity contribution < 1.29 is 4.79 Å². The molecule has 0 bridgehead atoms. The number of rotatable bonds is 4. The van der Waals surface area contributed by atoms with E-state index in [0.29, 0.717) is 13.0 Å². The van der Waals surface area contributed by atoms with Crippen molar-refractivity contribution in [3.8, 4) is 0 Å². The maximum Gasteiger partial charge on any atom is 0.223 e. The SMILES string of the molecule is CCC(C)(CCN)C(N)=O. The predicted molar refractivity (Wildman–Crippen MR) is 41.3 cm³/mol. The molecule has 3 nitrogen and oxygen atoms in total. The predicted octanol–water partition coefficient (Wildman–Crippen LogP) is 0.237. The van der Waals surface area contributed by atoms with E-state index < -0.39 is 5.41 Å². The number of carbonyl (C=O) groups excluding carboxylic acids is 1. The molecule has 0 spiro atoms. The zero-order valence-corrected chi connectivity index (χ0v) is 6.68. The van der Waals surface area contributed by atoms with Gasteiger partial charge in [0.25, 0.3) is 0 Å². The molecule has 1 amide bonds. The molecule has 0 fully saturated rings. The molecule has 10 heavy (non-hydrogen) atoms. The highest BCUT2D eigenvalue weighted by Gasteiger charge is 2.27. The molecule has 60 valence electrons. The molecule has 0 rings (SSSR count). The van der Waals surface area contributed by atoms with Crippen molar-refractivity contribution in [2.75, 3.05) is 6.54 Å². The van der Waals surface area contributed by atoms with E-state index in [-0.39, 0.29) is 5.91 Å². The minimum absolute atomic E-state index is 0.250. The van der Waals surface area contributed by atoms with Crippen molar-refractivity contribution >= 4 is 5.91 Å². The molecule has 0 saturated heterocycles. The maximum absolute atomic E-state index is 10.8. The molecule has 0 aromatic carbocycles. The van der Waals surface area contributed by atoms with Crippen LogP contribution >= 0.6 is 0 Å². The molecule has 0 aliphatic rings. The van der Waals surface area contributed by atoms with Gasteiger partial charge in [0.15, 0.2) is 0 Å². The van der Waals surface area contributed by atoms with Gasteiger partial charge in [0, 0.05) is 5.41 Å². The van der Waals surface area contributed by atoms with Gasteiger partial charge in [0.05, 0.1) is 0 Å². The summed E-state index contributed by atoms with van der Waals surface area (Å²) in [4.78, 5) is 10.8. The number of primary amides is 1. The lowest BCUT2D eigenvalue weighted by molar-refractivity contribution is -0.127. The quantitative estimate of drug-likeness (QED) is 0.593. The van der Waals surface area contributed by atoms with Crippen LogP contribution in [0.5, 0.6) is 0 Å². The summed E-state index contributed by atoms with van der Waals surface area (Å²) < 4.78 is 0. The van der Waals surface area contributed by atoms with Gasteiger partial charge in [0.2, 0.25) is 5.91 Å². The van der Waals surface area contributed by atoms with E-state index in [2.05, 4.69) is 0 Å². The molecule has 1 atom stereocenters. The number of carbonyl (C=O) groups is 1. The molecule has 4 N–H and O–H groups in total. The largest absolute Gasteiger partial charge is 0.369 e. The lowest BCUT2D eigenvalue weighted by Crippen LogP contribution is -2.35. The Labute approximate surface area is 61.8 Å². The van der Waals surface area contributed by atoms with Crippen LogP contribution in [0, 0.1) is 5.41 Å². The van der Waals surface area contributed by atoms with Crippen molar-refractivity contribution in [1.29, 1.82) is 0 Å². The van der Waals surface area contributed by atoms with Crippen molar-refractivity contribution in [2.45, 2.75) is 26.7 Å². The monoisotopic (exact) mass is 144 g/mol. The van der Waals surface area contributed by atoms with Crippen LogP contribution in [0.3, 0.4) is 0 Å². The van der Waals surface area contributed by atoms with E-state index >= 15 is 0 Å². The van der Waals surface area contributed by atoms with E-state index in [4.69, 9.17) is 11.5 Å². The molecule has 0 saturated carbocycles. The fraction of sp³-hybridized carbons (Fsp3) is 0.857. The van der Waals surface area contributed by atoms with Crippen molar-refractivity contribution in [1.82, 2.24) is 0 Å². The summed E-state index contributed by atoms with van der Waals surface area (Å²) in [7, 11) is 0. The summed E-state index contributed by atoms with van der Waals surface area (Å²) >= 11 is 0. The summed E-state index contributed by atoms with van der Waals surface area (Å²) in [6.45, 7) is 4.32. The topological polar surface area (TPSA) is 69.1 Å². The van der Waals surface area contributed by atoms with Crippen LogP contribution in [-0.4, -0.2) is 12.5 Å². The van der Waals surface area contributed by atoms with E-state index in [0.717, 1.165) is 6.42 Å². The minimum atomic E-state index is -0.394. The highest BCUT2D eigenvalue weighted by atomic mass is 16.1. The Morgan fingerprint density at radius 1 is 1.60 bits per heavy atom. The third-order valence-corrected chi connectivity index (χ3v) is 2.07.